The van der Waals surface area contributed by atoms with Gasteiger partial charge >= 0.3 is 29.6 Å². The first kappa shape index (κ1) is 35.7. The van der Waals surface area contributed by atoms with Crippen molar-refractivity contribution in [3.05, 3.63) is 48.5 Å². The fraction of sp³-hybridized carbons (Fsp3) is 0.600. The first-order valence-corrected chi connectivity index (χ1v) is 15.9. The van der Waals surface area contributed by atoms with Gasteiger partial charge in [0.1, 0.15) is 32.0 Å². The molecule has 0 aromatic heterocycles. The standard InChI is InChI=1S/C30H44O9S.Na/c1-2-3-4-5-6-11-17-30(39-18-12-23-40(31,32)33)24-37-28-15-9-7-13-26(28)35-21-19-34-20-22-36-27-14-8-10-16-29(27)38-25-30;/h7-10,13-16H,2-6,11-12,17-25H2,1H3,(H,31,32,33);/q;+1. The predicted molar refractivity (Wildman–Crippen MR) is 153 cm³/mol. The molecule has 41 heavy (non-hydrogen) atoms. The SMILES string of the molecule is CCCCCCCCC1(OCCCS(=O)(=O)O)COc2ccccc2OCCOCCOc2ccccc2OC1.[Na+]. The van der Waals surface area contributed by atoms with Crippen LogP contribution in [0.25, 0.3) is 0 Å². The monoisotopic (exact) mass is 603 g/mol. The van der Waals surface area contributed by atoms with E-state index in [1.54, 1.807) is 0 Å². The first-order valence-electron chi connectivity index (χ1n) is 14.3. The molecule has 0 spiro atoms. The van der Waals surface area contributed by atoms with E-state index in [1.807, 2.05) is 48.5 Å². The van der Waals surface area contributed by atoms with Gasteiger partial charge in [-0.25, -0.2) is 0 Å². The molecule has 2 aromatic carbocycles. The quantitative estimate of drug-likeness (QED) is 0.223. The summed E-state index contributed by atoms with van der Waals surface area (Å²) in [6.45, 7) is 4.14. The minimum Gasteiger partial charge on any atom is -0.487 e. The average molecular weight is 604 g/mol. The summed E-state index contributed by atoms with van der Waals surface area (Å²) in [6, 6.07) is 14.9. The van der Waals surface area contributed by atoms with Crippen molar-refractivity contribution in [2.75, 3.05) is 52.0 Å². The third kappa shape index (κ3) is 14.0. The molecule has 0 unspecified atom stereocenters. The number of ether oxygens (including phenoxy) is 6. The van der Waals surface area contributed by atoms with Crippen LogP contribution in [0.1, 0.15) is 58.3 Å². The van der Waals surface area contributed by atoms with Crippen LogP contribution in [0.5, 0.6) is 23.0 Å². The van der Waals surface area contributed by atoms with Crippen LogP contribution in [0.3, 0.4) is 0 Å². The molecule has 11 heteroatoms. The van der Waals surface area contributed by atoms with Crippen LogP contribution in [0.2, 0.25) is 0 Å². The molecule has 1 aliphatic rings. The van der Waals surface area contributed by atoms with Gasteiger partial charge in [-0.05, 0) is 37.1 Å². The fourth-order valence-corrected chi connectivity index (χ4v) is 4.90. The van der Waals surface area contributed by atoms with Crippen LogP contribution in [0.4, 0.5) is 0 Å². The molecule has 0 aliphatic carbocycles. The van der Waals surface area contributed by atoms with Crippen LogP contribution in [0, 0.1) is 0 Å². The number of hydrogen-bond acceptors (Lipinski definition) is 8. The largest absolute Gasteiger partial charge is 1.00 e. The smallest absolute Gasteiger partial charge is 0.487 e. The van der Waals surface area contributed by atoms with Crippen molar-refractivity contribution < 1.29 is 70.9 Å². The van der Waals surface area contributed by atoms with Gasteiger partial charge in [-0.3, -0.25) is 4.55 Å². The number of rotatable bonds is 12. The summed E-state index contributed by atoms with van der Waals surface area (Å²) >= 11 is 0. The Morgan fingerprint density at radius 1 is 0.732 bits per heavy atom. The molecule has 1 aliphatic heterocycles. The molecule has 2 aromatic rings. The Balaban J connectivity index is 0.00000588. The van der Waals surface area contributed by atoms with E-state index in [4.69, 9.17) is 28.4 Å². The zero-order chi connectivity index (χ0) is 28.5. The molecule has 0 atom stereocenters. The van der Waals surface area contributed by atoms with E-state index in [2.05, 4.69) is 6.92 Å². The Morgan fingerprint density at radius 2 is 1.22 bits per heavy atom. The minimum atomic E-state index is -4.09. The van der Waals surface area contributed by atoms with Gasteiger partial charge in [0.15, 0.2) is 23.0 Å². The number of hydrogen-bond donors (Lipinski definition) is 1. The predicted octanol–water partition coefficient (Wildman–Crippen LogP) is 2.72. The van der Waals surface area contributed by atoms with Crippen molar-refractivity contribution in [2.45, 2.75) is 63.9 Å². The summed E-state index contributed by atoms with van der Waals surface area (Å²) in [6.07, 6.45) is 7.42. The van der Waals surface area contributed by atoms with Gasteiger partial charge in [0.2, 0.25) is 0 Å². The molecular formula is C30H44NaO9S+. The molecule has 9 nitrogen and oxygen atoms in total. The Hall–Kier alpha value is -1.53. The molecule has 3 rings (SSSR count). The second-order valence-electron chi connectivity index (χ2n) is 9.97. The third-order valence-corrected chi connectivity index (χ3v) is 7.40. The van der Waals surface area contributed by atoms with Crippen molar-refractivity contribution in [1.82, 2.24) is 0 Å². The van der Waals surface area contributed by atoms with Gasteiger partial charge in [0.05, 0.1) is 19.0 Å². The Kier molecular flexibility index (Phi) is 17.1. The van der Waals surface area contributed by atoms with Crippen molar-refractivity contribution in [3.63, 3.8) is 0 Å². The van der Waals surface area contributed by atoms with Crippen LogP contribution in [0.15, 0.2) is 48.5 Å². The molecule has 0 fully saturated rings. The Morgan fingerprint density at radius 3 is 1.73 bits per heavy atom. The zero-order valence-electron chi connectivity index (χ0n) is 24.6. The third-order valence-electron chi connectivity index (χ3n) is 6.59. The Labute approximate surface area is 267 Å². The van der Waals surface area contributed by atoms with Crippen LogP contribution in [-0.4, -0.2) is 70.6 Å². The van der Waals surface area contributed by atoms with Gasteiger partial charge in [0.25, 0.3) is 10.1 Å². The van der Waals surface area contributed by atoms with E-state index in [0.717, 1.165) is 19.3 Å². The van der Waals surface area contributed by atoms with Gasteiger partial charge < -0.3 is 28.4 Å². The molecule has 1 heterocycles. The van der Waals surface area contributed by atoms with Crippen molar-refractivity contribution in [2.24, 2.45) is 0 Å². The number of benzene rings is 2. The van der Waals surface area contributed by atoms with E-state index >= 15 is 0 Å². The van der Waals surface area contributed by atoms with E-state index in [1.165, 1.54) is 19.3 Å². The van der Waals surface area contributed by atoms with Crippen molar-refractivity contribution >= 4 is 10.1 Å². The minimum absolute atomic E-state index is 0. The van der Waals surface area contributed by atoms with Crippen molar-refractivity contribution in [1.29, 1.82) is 0 Å². The molecule has 224 valence electrons. The second kappa shape index (κ2) is 19.6. The number of fused-ring (bicyclic) bond motifs is 2. The van der Waals surface area contributed by atoms with E-state index in [0.29, 0.717) is 55.8 Å². The molecular weight excluding hydrogens is 559 g/mol. The van der Waals surface area contributed by atoms with Crippen molar-refractivity contribution in [3.8, 4) is 23.0 Å². The Bertz CT molecular complexity index is 1040. The normalized spacial score (nSPS) is 16.0. The fourth-order valence-electron chi connectivity index (χ4n) is 4.42. The van der Waals surface area contributed by atoms with Crippen LogP contribution in [-0.2, 0) is 19.6 Å². The molecule has 0 bridgehead atoms. The van der Waals surface area contributed by atoms with Gasteiger partial charge in [-0.2, -0.15) is 8.42 Å². The molecule has 0 amide bonds. The van der Waals surface area contributed by atoms with E-state index in [9.17, 15) is 13.0 Å². The van der Waals surface area contributed by atoms with E-state index < -0.39 is 15.7 Å². The van der Waals surface area contributed by atoms with Crippen LogP contribution < -0.4 is 48.5 Å². The zero-order valence-corrected chi connectivity index (χ0v) is 27.4. The molecule has 0 saturated carbocycles. The molecule has 1 N–H and O–H groups in total. The maximum atomic E-state index is 11.3. The van der Waals surface area contributed by atoms with Crippen LogP contribution >= 0.6 is 0 Å². The maximum absolute atomic E-state index is 11.3. The van der Waals surface area contributed by atoms with E-state index in [-0.39, 0.29) is 61.6 Å². The summed E-state index contributed by atoms with van der Waals surface area (Å²) in [4.78, 5) is 0. The van der Waals surface area contributed by atoms with Gasteiger partial charge in [-0.1, -0.05) is 69.7 Å². The maximum Gasteiger partial charge on any atom is 1.00 e. The second-order valence-corrected chi connectivity index (χ2v) is 11.5. The summed E-state index contributed by atoms with van der Waals surface area (Å²) in [7, 11) is -4.09. The molecule has 0 saturated heterocycles. The molecule has 0 radical (unpaired) electrons. The summed E-state index contributed by atoms with van der Waals surface area (Å²) in [5, 5.41) is 0. The van der Waals surface area contributed by atoms with Gasteiger partial charge in [0, 0.05) is 6.61 Å². The first-order chi connectivity index (χ1) is 19.4. The number of para-hydroxylation sites is 4. The number of unbranched alkanes of at least 4 members (excludes halogenated alkanes) is 5. The summed E-state index contributed by atoms with van der Waals surface area (Å²) < 4.78 is 68.4. The summed E-state index contributed by atoms with van der Waals surface area (Å²) in [5.41, 5.74) is -0.885. The average Bonchev–Trinajstić information content (AvgIpc) is 2.94. The van der Waals surface area contributed by atoms with Gasteiger partial charge in [-0.15, -0.1) is 0 Å². The topological polar surface area (TPSA) is 110 Å². The summed E-state index contributed by atoms with van der Waals surface area (Å²) in [5.74, 6) is 1.97.